The number of ether oxygens (including phenoxy) is 1. The topological polar surface area (TPSA) is 72.8 Å². The molecule has 6 heteroatoms. The molecule has 0 radical (unpaired) electrons. The summed E-state index contributed by atoms with van der Waals surface area (Å²) >= 11 is 0. The van der Waals surface area contributed by atoms with Crippen molar-refractivity contribution in [3.05, 3.63) is 36.5 Å². The fraction of sp³-hybridized carbons (Fsp3) is 0.200. The smallest absolute Gasteiger partial charge is 0.321 e. The molecule has 0 saturated heterocycles. The summed E-state index contributed by atoms with van der Waals surface area (Å²) in [6.07, 6.45) is 1.76. The first-order valence-electron chi connectivity index (χ1n) is 6.70. The lowest BCUT2D eigenvalue weighted by atomic mass is 10.1. The fourth-order valence-corrected chi connectivity index (χ4v) is 2.09. The number of para-hydroxylation sites is 1. The summed E-state index contributed by atoms with van der Waals surface area (Å²) in [5, 5.41) is 4.12. The first-order valence-corrected chi connectivity index (χ1v) is 6.70. The Balaban J connectivity index is 2.20. The Bertz CT molecular complexity index is 770. The quantitative estimate of drug-likeness (QED) is 0.792. The lowest BCUT2D eigenvalue weighted by Gasteiger charge is -2.08. The standard InChI is InChI=1S/C15H15N5O/c1-3-16-14-18-13(19-15(20-14)21-2)11-8-4-6-10-7-5-9-17-12(10)11/h4-9H,3H2,1-2H3,(H,16,18,19,20). The summed E-state index contributed by atoms with van der Waals surface area (Å²) in [5.74, 6) is 1.04. The average molecular weight is 281 g/mol. The van der Waals surface area contributed by atoms with E-state index in [1.54, 1.807) is 6.20 Å². The maximum atomic E-state index is 5.15. The molecule has 2 heterocycles. The van der Waals surface area contributed by atoms with Crippen LogP contribution in [0.1, 0.15) is 6.92 Å². The van der Waals surface area contributed by atoms with Crippen LogP contribution >= 0.6 is 0 Å². The van der Waals surface area contributed by atoms with E-state index in [1.807, 2.05) is 37.3 Å². The second-order valence-electron chi connectivity index (χ2n) is 4.38. The summed E-state index contributed by atoms with van der Waals surface area (Å²) in [6.45, 7) is 2.70. The molecular weight excluding hydrogens is 266 g/mol. The molecule has 1 N–H and O–H groups in total. The number of methoxy groups -OCH3 is 1. The Morgan fingerprint density at radius 2 is 1.95 bits per heavy atom. The van der Waals surface area contributed by atoms with E-state index in [0.29, 0.717) is 11.8 Å². The SMILES string of the molecule is CCNc1nc(OC)nc(-c2cccc3cccnc23)n1. The number of fused-ring (bicyclic) bond motifs is 1. The van der Waals surface area contributed by atoms with Gasteiger partial charge in [-0.25, -0.2) is 0 Å². The van der Waals surface area contributed by atoms with Crippen LogP contribution in [0.5, 0.6) is 6.01 Å². The Labute approximate surface area is 122 Å². The number of anilines is 1. The highest BCUT2D eigenvalue weighted by molar-refractivity contribution is 5.91. The van der Waals surface area contributed by atoms with Crippen molar-refractivity contribution in [1.29, 1.82) is 0 Å². The maximum absolute atomic E-state index is 5.15. The van der Waals surface area contributed by atoms with Gasteiger partial charge in [-0.3, -0.25) is 4.98 Å². The Morgan fingerprint density at radius 3 is 2.76 bits per heavy atom. The minimum absolute atomic E-state index is 0.281. The highest BCUT2D eigenvalue weighted by Gasteiger charge is 2.11. The van der Waals surface area contributed by atoms with Gasteiger partial charge in [0.25, 0.3) is 0 Å². The molecule has 0 bridgehead atoms. The average Bonchev–Trinajstić information content (AvgIpc) is 2.54. The number of benzene rings is 1. The molecule has 2 aromatic heterocycles. The molecule has 0 saturated carbocycles. The first kappa shape index (κ1) is 13.2. The molecule has 21 heavy (non-hydrogen) atoms. The molecule has 0 fully saturated rings. The number of rotatable bonds is 4. The van der Waals surface area contributed by atoms with Gasteiger partial charge < -0.3 is 10.1 Å². The highest BCUT2D eigenvalue weighted by Crippen LogP contribution is 2.25. The van der Waals surface area contributed by atoms with Crippen LogP contribution in [0.3, 0.4) is 0 Å². The highest BCUT2D eigenvalue weighted by atomic mass is 16.5. The van der Waals surface area contributed by atoms with Gasteiger partial charge in [0.2, 0.25) is 5.95 Å². The van der Waals surface area contributed by atoms with Gasteiger partial charge in [-0.05, 0) is 19.1 Å². The number of nitrogens with one attached hydrogen (secondary N) is 1. The molecule has 6 nitrogen and oxygen atoms in total. The van der Waals surface area contributed by atoms with Crippen LogP contribution in [-0.4, -0.2) is 33.6 Å². The number of nitrogens with zero attached hydrogens (tertiary/aromatic N) is 4. The monoisotopic (exact) mass is 281 g/mol. The van der Waals surface area contributed by atoms with Crippen LogP contribution < -0.4 is 10.1 Å². The van der Waals surface area contributed by atoms with Crippen LogP contribution in [0.15, 0.2) is 36.5 Å². The van der Waals surface area contributed by atoms with Crippen molar-refractivity contribution >= 4 is 16.9 Å². The zero-order valence-corrected chi connectivity index (χ0v) is 11.9. The largest absolute Gasteiger partial charge is 0.467 e. The maximum Gasteiger partial charge on any atom is 0.321 e. The molecule has 0 aliphatic rings. The third-order valence-electron chi connectivity index (χ3n) is 3.01. The van der Waals surface area contributed by atoms with Crippen LogP contribution in [0.25, 0.3) is 22.3 Å². The van der Waals surface area contributed by atoms with Gasteiger partial charge in [0.05, 0.1) is 12.6 Å². The number of hydrogen-bond donors (Lipinski definition) is 1. The summed E-state index contributed by atoms with van der Waals surface area (Å²) < 4.78 is 5.15. The molecule has 3 rings (SSSR count). The van der Waals surface area contributed by atoms with Crippen molar-refractivity contribution in [3.8, 4) is 17.4 Å². The number of aromatic nitrogens is 4. The van der Waals surface area contributed by atoms with Gasteiger partial charge in [0.15, 0.2) is 5.82 Å². The van der Waals surface area contributed by atoms with E-state index in [4.69, 9.17) is 4.74 Å². The van der Waals surface area contributed by atoms with E-state index in [0.717, 1.165) is 23.0 Å². The zero-order chi connectivity index (χ0) is 14.7. The van der Waals surface area contributed by atoms with Crippen LogP contribution in [0, 0.1) is 0 Å². The Hall–Kier alpha value is -2.76. The second-order valence-corrected chi connectivity index (χ2v) is 4.38. The van der Waals surface area contributed by atoms with Crippen LogP contribution in [-0.2, 0) is 0 Å². The van der Waals surface area contributed by atoms with Gasteiger partial charge in [-0.15, -0.1) is 0 Å². The fourth-order valence-electron chi connectivity index (χ4n) is 2.09. The zero-order valence-electron chi connectivity index (χ0n) is 11.9. The Morgan fingerprint density at radius 1 is 1.10 bits per heavy atom. The number of pyridine rings is 1. The second kappa shape index (κ2) is 5.70. The van der Waals surface area contributed by atoms with Gasteiger partial charge >= 0.3 is 6.01 Å². The third-order valence-corrected chi connectivity index (χ3v) is 3.01. The minimum Gasteiger partial charge on any atom is -0.467 e. The number of hydrogen-bond acceptors (Lipinski definition) is 6. The molecule has 0 amide bonds. The van der Waals surface area contributed by atoms with E-state index in [9.17, 15) is 0 Å². The molecule has 3 aromatic rings. The lowest BCUT2D eigenvalue weighted by molar-refractivity contribution is 0.379. The van der Waals surface area contributed by atoms with Gasteiger partial charge in [-0.2, -0.15) is 15.0 Å². The summed E-state index contributed by atoms with van der Waals surface area (Å²) in [7, 11) is 1.54. The predicted molar refractivity (Wildman–Crippen MR) is 81.3 cm³/mol. The van der Waals surface area contributed by atoms with E-state index in [-0.39, 0.29) is 6.01 Å². The third kappa shape index (κ3) is 2.60. The van der Waals surface area contributed by atoms with Crippen molar-refractivity contribution in [2.45, 2.75) is 6.92 Å². The summed E-state index contributed by atoms with van der Waals surface area (Å²) in [5.41, 5.74) is 1.71. The van der Waals surface area contributed by atoms with Gasteiger partial charge in [0.1, 0.15) is 0 Å². The summed E-state index contributed by atoms with van der Waals surface area (Å²) in [6, 6.07) is 10.1. The van der Waals surface area contributed by atoms with Crippen LogP contribution in [0.2, 0.25) is 0 Å². The molecule has 106 valence electrons. The van der Waals surface area contributed by atoms with E-state index >= 15 is 0 Å². The molecule has 0 atom stereocenters. The molecule has 0 aliphatic carbocycles. The molecule has 1 aromatic carbocycles. The Kier molecular flexibility index (Phi) is 3.59. The van der Waals surface area contributed by atoms with Gasteiger partial charge in [-0.1, -0.05) is 18.2 Å². The summed E-state index contributed by atoms with van der Waals surface area (Å²) in [4.78, 5) is 17.4. The normalized spacial score (nSPS) is 10.6. The van der Waals surface area contributed by atoms with E-state index in [2.05, 4.69) is 25.3 Å². The molecular formula is C15H15N5O. The van der Waals surface area contributed by atoms with Crippen LogP contribution in [0.4, 0.5) is 5.95 Å². The molecule has 0 aliphatic heterocycles. The molecule has 0 unspecified atom stereocenters. The van der Waals surface area contributed by atoms with Crippen molar-refractivity contribution in [2.24, 2.45) is 0 Å². The lowest BCUT2D eigenvalue weighted by Crippen LogP contribution is -2.06. The molecule has 0 spiro atoms. The minimum atomic E-state index is 0.281. The van der Waals surface area contributed by atoms with Gasteiger partial charge in [0, 0.05) is 23.7 Å². The van der Waals surface area contributed by atoms with E-state index in [1.165, 1.54) is 7.11 Å². The van der Waals surface area contributed by atoms with E-state index < -0.39 is 0 Å². The van der Waals surface area contributed by atoms with Crippen molar-refractivity contribution < 1.29 is 4.74 Å². The van der Waals surface area contributed by atoms with Crippen molar-refractivity contribution in [2.75, 3.05) is 19.0 Å². The van der Waals surface area contributed by atoms with Crippen molar-refractivity contribution in [1.82, 2.24) is 19.9 Å². The first-order chi connectivity index (χ1) is 10.3. The van der Waals surface area contributed by atoms with Crippen molar-refractivity contribution in [3.63, 3.8) is 0 Å². The predicted octanol–water partition coefficient (Wildman–Crippen LogP) is 2.53.